The summed E-state index contributed by atoms with van der Waals surface area (Å²) in [4.78, 5) is 4.87. The molecule has 0 amide bonds. The van der Waals surface area contributed by atoms with E-state index in [1.54, 1.807) is 0 Å². The summed E-state index contributed by atoms with van der Waals surface area (Å²) in [6.07, 6.45) is 1.93. The van der Waals surface area contributed by atoms with Crippen LogP contribution in [-0.2, 0) is 0 Å². The largest absolute Gasteiger partial charge is 0.256 e. The van der Waals surface area contributed by atoms with E-state index in [9.17, 15) is 0 Å². The number of aromatic nitrogens is 1. The first-order valence-electron chi connectivity index (χ1n) is 9.68. The third-order valence-corrected chi connectivity index (χ3v) is 6.40. The molecule has 6 aromatic rings. The molecule has 1 heterocycles. The molecule has 0 bridgehead atoms. The second-order valence-electron chi connectivity index (χ2n) is 7.35. The van der Waals surface area contributed by atoms with Crippen LogP contribution in [0.15, 0.2) is 102 Å². The highest BCUT2D eigenvalue weighted by atomic mass is 79.9. The Kier molecular flexibility index (Phi) is 3.68. The third kappa shape index (κ3) is 2.49. The van der Waals surface area contributed by atoms with Crippen molar-refractivity contribution in [3.8, 4) is 11.3 Å². The molecule has 0 aliphatic heterocycles. The number of halogens is 1. The van der Waals surface area contributed by atoms with Crippen LogP contribution in [0.2, 0.25) is 0 Å². The summed E-state index contributed by atoms with van der Waals surface area (Å²) < 4.78 is 1.06. The fraction of sp³-hybridized carbons (Fsp3) is 0. The van der Waals surface area contributed by atoms with Crippen molar-refractivity contribution >= 4 is 59.0 Å². The molecule has 0 spiro atoms. The van der Waals surface area contributed by atoms with Gasteiger partial charge in [0.25, 0.3) is 0 Å². The number of hydrogen-bond donors (Lipinski definition) is 0. The van der Waals surface area contributed by atoms with Gasteiger partial charge >= 0.3 is 0 Å². The number of benzene rings is 5. The summed E-state index contributed by atoms with van der Waals surface area (Å²) in [6, 6.07) is 32.3. The molecule has 0 N–H and O–H groups in total. The standard InChI is InChI=1S/C27H16BrN/c28-25-16-18-8-2-1-7-17(18)15-24(25)27-26-22-12-6-5-10-20(22)19-9-3-4-11-21(19)23(26)13-14-29-27/h1-16H. The Labute approximate surface area is 176 Å². The van der Waals surface area contributed by atoms with E-state index in [2.05, 4.69) is 107 Å². The smallest absolute Gasteiger partial charge is 0.0798 e. The normalized spacial score (nSPS) is 11.6. The van der Waals surface area contributed by atoms with Gasteiger partial charge < -0.3 is 0 Å². The van der Waals surface area contributed by atoms with E-state index in [1.807, 2.05) is 6.20 Å². The van der Waals surface area contributed by atoms with Crippen LogP contribution in [-0.4, -0.2) is 4.98 Å². The minimum Gasteiger partial charge on any atom is -0.256 e. The second-order valence-corrected chi connectivity index (χ2v) is 8.21. The summed E-state index contributed by atoms with van der Waals surface area (Å²) in [5, 5.41) is 9.94. The van der Waals surface area contributed by atoms with Crippen molar-refractivity contribution in [3.63, 3.8) is 0 Å². The molecule has 1 nitrogen and oxygen atoms in total. The van der Waals surface area contributed by atoms with Crippen LogP contribution in [0, 0.1) is 0 Å². The van der Waals surface area contributed by atoms with Gasteiger partial charge in [-0.3, -0.25) is 4.98 Å². The van der Waals surface area contributed by atoms with Gasteiger partial charge in [-0.25, -0.2) is 0 Å². The zero-order chi connectivity index (χ0) is 19.4. The number of nitrogens with zero attached hydrogens (tertiary/aromatic N) is 1. The SMILES string of the molecule is Brc1cc2ccccc2cc1-c1nccc2c3ccccc3c3ccccc3c12. The predicted octanol–water partition coefficient (Wildman–Crippen LogP) is 8.12. The van der Waals surface area contributed by atoms with Gasteiger partial charge in [0.2, 0.25) is 0 Å². The highest BCUT2D eigenvalue weighted by Crippen LogP contribution is 2.41. The first-order chi connectivity index (χ1) is 14.3. The van der Waals surface area contributed by atoms with E-state index in [0.29, 0.717) is 0 Å². The van der Waals surface area contributed by atoms with Crippen LogP contribution in [0.1, 0.15) is 0 Å². The molecule has 6 rings (SSSR count). The minimum atomic E-state index is 1.02. The molecule has 0 saturated heterocycles. The summed E-state index contributed by atoms with van der Waals surface area (Å²) in [7, 11) is 0. The quantitative estimate of drug-likeness (QED) is 0.238. The lowest BCUT2D eigenvalue weighted by Gasteiger charge is -2.14. The first-order valence-corrected chi connectivity index (χ1v) is 10.5. The summed E-state index contributed by atoms with van der Waals surface area (Å²) in [6.45, 7) is 0. The predicted molar refractivity (Wildman–Crippen MR) is 127 cm³/mol. The molecule has 2 heteroatoms. The van der Waals surface area contributed by atoms with Crippen LogP contribution in [0.25, 0.3) is 54.3 Å². The van der Waals surface area contributed by atoms with Crippen LogP contribution in [0.3, 0.4) is 0 Å². The zero-order valence-corrected chi connectivity index (χ0v) is 17.1. The monoisotopic (exact) mass is 433 g/mol. The maximum absolute atomic E-state index is 4.87. The average Bonchev–Trinajstić information content (AvgIpc) is 2.78. The molecule has 0 saturated carbocycles. The van der Waals surface area contributed by atoms with Crippen molar-refractivity contribution in [1.82, 2.24) is 4.98 Å². The van der Waals surface area contributed by atoms with Gasteiger partial charge in [0, 0.05) is 21.6 Å². The van der Waals surface area contributed by atoms with Gasteiger partial charge in [-0.2, -0.15) is 0 Å². The van der Waals surface area contributed by atoms with Crippen LogP contribution in [0.5, 0.6) is 0 Å². The lowest BCUT2D eigenvalue weighted by molar-refractivity contribution is 1.36. The number of hydrogen-bond acceptors (Lipinski definition) is 1. The third-order valence-electron chi connectivity index (χ3n) is 5.75. The zero-order valence-electron chi connectivity index (χ0n) is 15.6. The lowest BCUT2D eigenvalue weighted by atomic mass is 9.92. The average molecular weight is 434 g/mol. The van der Waals surface area contributed by atoms with E-state index in [1.165, 1.54) is 43.1 Å². The minimum absolute atomic E-state index is 1.02. The summed E-state index contributed by atoms with van der Waals surface area (Å²) in [5.74, 6) is 0. The Morgan fingerprint density at radius 3 is 1.76 bits per heavy atom. The van der Waals surface area contributed by atoms with Gasteiger partial charge in [-0.15, -0.1) is 0 Å². The topological polar surface area (TPSA) is 12.9 Å². The highest BCUT2D eigenvalue weighted by Gasteiger charge is 2.15. The molecular weight excluding hydrogens is 418 g/mol. The highest BCUT2D eigenvalue weighted by molar-refractivity contribution is 9.10. The van der Waals surface area contributed by atoms with E-state index >= 15 is 0 Å². The number of rotatable bonds is 1. The Hall–Kier alpha value is -3.23. The van der Waals surface area contributed by atoms with E-state index in [4.69, 9.17) is 4.98 Å². The molecule has 5 aromatic carbocycles. The number of pyridine rings is 1. The Bertz CT molecular complexity index is 1520. The van der Waals surface area contributed by atoms with Gasteiger partial charge in [0.1, 0.15) is 0 Å². The Morgan fingerprint density at radius 2 is 1.07 bits per heavy atom. The van der Waals surface area contributed by atoms with Gasteiger partial charge in [-0.1, -0.05) is 88.7 Å². The lowest BCUT2D eigenvalue weighted by Crippen LogP contribution is -1.91. The molecule has 0 aliphatic rings. The fourth-order valence-electron chi connectivity index (χ4n) is 4.45. The molecular formula is C27H16BrN. The molecule has 0 fully saturated rings. The fourth-order valence-corrected chi connectivity index (χ4v) is 4.99. The number of fused-ring (bicyclic) bond motifs is 7. The van der Waals surface area contributed by atoms with Gasteiger partial charge in [-0.05, 0) is 55.9 Å². The van der Waals surface area contributed by atoms with Crippen LogP contribution >= 0.6 is 15.9 Å². The molecule has 1 aromatic heterocycles. The Balaban J connectivity index is 1.83. The van der Waals surface area contributed by atoms with Crippen molar-refractivity contribution in [2.75, 3.05) is 0 Å². The van der Waals surface area contributed by atoms with E-state index in [-0.39, 0.29) is 0 Å². The van der Waals surface area contributed by atoms with E-state index in [0.717, 1.165) is 15.7 Å². The summed E-state index contributed by atoms with van der Waals surface area (Å²) >= 11 is 3.81. The first kappa shape index (κ1) is 16.7. The molecule has 0 atom stereocenters. The van der Waals surface area contributed by atoms with Gasteiger partial charge in [0.15, 0.2) is 0 Å². The Morgan fingerprint density at radius 1 is 0.552 bits per heavy atom. The molecule has 0 radical (unpaired) electrons. The summed E-state index contributed by atoms with van der Waals surface area (Å²) in [5.41, 5.74) is 2.14. The van der Waals surface area contributed by atoms with Crippen LogP contribution in [0.4, 0.5) is 0 Å². The van der Waals surface area contributed by atoms with Crippen molar-refractivity contribution in [2.24, 2.45) is 0 Å². The maximum atomic E-state index is 4.87. The van der Waals surface area contributed by atoms with Gasteiger partial charge in [0.05, 0.1) is 5.69 Å². The molecule has 29 heavy (non-hydrogen) atoms. The van der Waals surface area contributed by atoms with Crippen molar-refractivity contribution < 1.29 is 0 Å². The molecule has 0 unspecified atom stereocenters. The molecule has 136 valence electrons. The molecule has 0 aliphatic carbocycles. The maximum Gasteiger partial charge on any atom is 0.0798 e. The van der Waals surface area contributed by atoms with E-state index < -0.39 is 0 Å². The van der Waals surface area contributed by atoms with Crippen molar-refractivity contribution in [3.05, 3.63) is 102 Å². The van der Waals surface area contributed by atoms with Crippen molar-refractivity contribution in [2.45, 2.75) is 0 Å². The van der Waals surface area contributed by atoms with Crippen molar-refractivity contribution in [1.29, 1.82) is 0 Å². The van der Waals surface area contributed by atoms with Crippen LogP contribution < -0.4 is 0 Å². The second kappa shape index (κ2) is 6.40.